The fourth-order valence-corrected chi connectivity index (χ4v) is 5.99. The molecule has 0 aromatic carbocycles. The van der Waals surface area contributed by atoms with Gasteiger partial charge in [-0.25, -0.2) is 4.79 Å². The van der Waals surface area contributed by atoms with Crippen LogP contribution in [0, 0.1) is 0 Å². The second kappa shape index (κ2) is 30.5. The molecule has 0 fully saturated rings. The number of carbonyl (C=O) groups excluding carboxylic acids is 3. The summed E-state index contributed by atoms with van der Waals surface area (Å²) in [5, 5.41) is 26.7. The SMILES string of the molecule is CCCCCCCCCCCCCC(=O)NCC[N+](CCNC(=O)CCCCCCCCCCCCC)(CC(=O)[O-])CC(=O)O. The van der Waals surface area contributed by atoms with Crippen LogP contribution in [0.5, 0.6) is 0 Å². The highest BCUT2D eigenvalue weighted by molar-refractivity contribution is 5.76. The van der Waals surface area contributed by atoms with Gasteiger partial charge < -0.3 is 30.1 Å². The molecule has 264 valence electrons. The molecule has 0 spiro atoms. The summed E-state index contributed by atoms with van der Waals surface area (Å²) in [4.78, 5) is 47.9. The standard InChI is InChI=1S/C36H69N3O6/c1-3-5-7-9-11-13-15-17-19-21-23-25-33(40)37-27-29-39(31-35(42)43,32-36(44)45)30-28-38-34(41)26-24-22-20-18-16-14-12-10-8-6-4-2/h3-32H2,1-2H3,(H3-,37,38,40,41,42,43,44,45). The van der Waals surface area contributed by atoms with Crippen LogP contribution < -0.4 is 15.7 Å². The van der Waals surface area contributed by atoms with Crippen molar-refractivity contribution in [2.24, 2.45) is 0 Å². The summed E-state index contributed by atoms with van der Waals surface area (Å²) >= 11 is 0. The first kappa shape index (κ1) is 42.8. The monoisotopic (exact) mass is 640 g/mol. The van der Waals surface area contributed by atoms with Gasteiger partial charge in [0, 0.05) is 12.8 Å². The molecule has 0 atom stereocenters. The van der Waals surface area contributed by atoms with Crippen LogP contribution in [0.15, 0.2) is 0 Å². The van der Waals surface area contributed by atoms with E-state index in [-0.39, 0.29) is 42.5 Å². The molecule has 0 heterocycles. The number of hydrogen-bond acceptors (Lipinski definition) is 5. The minimum absolute atomic E-state index is 0.104. The molecule has 0 rings (SSSR count). The van der Waals surface area contributed by atoms with Gasteiger partial charge in [-0.05, 0) is 12.8 Å². The highest BCUT2D eigenvalue weighted by Crippen LogP contribution is 2.13. The zero-order chi connectivity index (χ0) is 33.4. The van der Waals surface area contributed by atoms with E-state index in [1.807, 2.05) is 0 Å². The Labute approximate surface area is 275 Å². The third-order valence-corrected chi connectivity index (χ3v) is 8.77. The predicted octanol–water partition coefficient (Wildman–Crippen LogP) is 6.27. The van der Waals surface area contributed by atoms with Gasteiger partial charge in [-0.3, -0.25) is 9.59 Å². The van der Waals surface area contributed by atoms with E-state index in [1.165, 1.54) is 103 Å². The van der Waals surface area contributed by atoms with Gasteiger partial charge in [-0.1, -0.05) is 142 Å². The Morgan fingerprint density at radius 3 is 1.11 bits per heavy atom. The Bertz CT molecular complexity index is 699. The lowest BCUT2D eigenvalue weighted by atomic mass is 10.1. The Balaban J connectivity index is 4.28. The minimum atomic E-state index is -1.35. The molecular weight excluding hydrogens is 570 g/mol. The first-order valence-corrected chi connectivity index (χ1v) is 18.5. The van der Waals surface area contributed by atoms with Crippen molar-refractivity contribution in [1.82, 2.24) is 10.6 Å². The number of carboxylic acid groups (broad SMARTS) is 2. The number of nitrogens with zero attached hydrogens (tertiary/aromatic N) is 1. The van der Waals surface area contributed by atoms with Crippen LogP contribution in [0.4, 0.5) is 0 Å². The molecule has 0 aromatic rings. The third kappa shape index (κ3) is 29.0. The fourth-order valence-electron chi connectivity index (χ4n) is 5.99. The van der Waals surface area contributed by atoms with Gasteiger partial charge in [0.2, 0.25) is 11.8 Å². The highest BCUT2D eigenvalue weighted by atomic mass is 16.4. The number of carboxylic acids is 2. The molecule has 0 bridgehead atoms. The highest BCUT2D eigenvalue weighted by Gasteiger charge is 2.30. The number of nitrogens with one attached hydrogen (secondary N) is 2. The van der Waals surface area contributed by atoms with Gasteiger partial charge >= 0.3 is 5.97 Å². The van der Waals surface area contributed by atoms with Crippen LogP contribution in [0.1, 0.15) is 168 Å². The largest absolute Gasteiger partial charge is 0.544 e. The smallest absolute Gasteiger partial charge is 0.359 e. The minimum Gasteiger partial charge on any atom is -0.544 e. The van der Waals surface area contributed by atoms with E-state index in [0.29, 0.717) is 12.8 Å². The molecule has 2 amide bonds. The number of rotatable bonds is 34. The molecule has 3 N–H and O–H groups in total. The van der Waals surface area contributed by atoms with Gasteiger partial charge in [0.25, 0.3) is 0 Å². The first-order valence-electron chi connectivity index (χ1n) is 18.5. The van der Waals surface area contributed by atoms with Gasteiger partial charge in [-0.2, -0.15) is 0 Å². The summed E-state index contributed by atoms with van der Waals surface area (Å²) in [6.07, 6.45) is 27.3. The number of unbranched alkanes of at least 4 members (excludes halogenated alkanes) is 20. The Morgan fingerprint density at radius 2 is 0.822 bits per heavy atom. The van der Waals surface area contributed by atoms with Crippen molar-refractivity contribution in [2.45, 2.75) is 168 Å². The Hall–Kier alpha value is -2.16. The van der Waals surface area contributed by atoms with Crippen LogP contribution >= 0.6 is 0 Å². The molecule has 0 aliphatic heterocycles. The molecule has 0 saturated heterocycles. The molecule has 0 aliphatic rings. The lowest BCUT2D eigenvalue weighted by Gasteiger charge is -2.37. The summed E-state index contributed by atoms with van der Waals surface area (Å²) in [5.41, 5.74) is 0. The van der Waals surface area contributed by atoms with Crippen molar-refractivity contribution in [3.8, 4) is 0 Å². The second-order valence-electron chi connectivity index (χ2n) is 13.1. The Kier molecular flexibility index (Phi) is 29.0. The normalized spacial score (nSPS) is 11.4. The van der Waals surface area contributed by atoms with Crippen molar-refractivity contribution < 1.29 is 33.9 Å². The van der Waals surface area contributed by atoms with Gasteiger partial charge in [0.1, 0.15) is 6.54 Å². The molecule has 0 aliphatic carbocycles. The van der Waals surface area contributed by atoms with Crippen molar-refractivity contribution in [3.05, 3.63) is 0 Å². The van der Waals surface area contributed by atoms with E-state index in [0.717, 1.165) is 38.5 Å². The van der Waals surface area contributed by atoms with Gasteiger partial charge in [0.15, 0.2) is 6.54 Å². The van der Waals surface area contributed by atoms with Crippen LogP contribution in [0.25, 0.3) is 0 Å². The molecule has 0 radical (unpaired) electrons. The van der Waals surface area contributed by atoms with Crippen molar-refractivity contribution >= 4 is 23.8 Å². The van der Waals surface area contributed by atoms with Crippen molar-refractivity contribution in [1.29, 1.82) is 0 Å². The number of amides is 2. The molecular formula is C36H69N3O6. The molecule has 9 heteroatoms. The predicted molar refractivity (Wildman–Crippen MR) is 181 cm³/mol. The Morgan fingerprint density at radius 1 is 0.511 bits per heavy atom. The maximum atomic E-state index is 12.4. The summed E-state index contributed by atoms with van der Waals surface area (Å²) < 4.78 is -0.297. The number of hydrogen-bond donors (Lipinski definition) is 3. The average molecular weight is 640 g/mol. The topological polar surface area (TPSA) is 136 Å². The van der Waals surface area contributed by atoms with E-state index < -0.39 is 25.0 Å². The molecule has 0 aromatic heterocycles. The summed E-state index contributed by atoms with van der Waals surface area (Å²) in [7, 11) is 0. The third-order valence-electron chi connectivity index (χ3n) is 8.77. The van der Waals surface area contributed by atoms with Crippen LogP contribution in [-0.4, -0.2) is 72.6 Å². The van der Waals surface area contributed by atoms with Crippen molar-refractivity contribution in [3.63, 3.8) is 0 Å². The fraction of sp³-hybridized carbons (Fsp3) is 0.889. The molecule has 45 heavy (non-hydrogen) atoms. The van der Waals surface area contributed by atoms with Crippen LogP contribution in [0.2, 0.25) is 0 Å². The van der Waals surface area contributed by atoms with Crippen LogP contribution in [0.3, 0.4) is 0 Å². The van der Waals surface area contributed by atoms with E-state index in [4.69, 9.17) is 0 Å². The second-order valence-corrected chi connectivity index (χ2v) is 13.1. The van der Waals surface area contributed by atoms with Crippen LogP contribution in [-0.2, 0) is 19.2 Å². The maximum Gasteiger partial charge on any atom is 0.359 e. The first-order chi connectivity index (χ1) is 21.7. The zero-order valence-electron chi connectivity index (χ0n) is 29.1. The van der Waals surface area contributed by atoms with Gasteiger partial charge in [-0.15, -0.1) is 0 Å². The lowest BCUT2D eigenvalue weighted by molar-refractivity contribution is -0.913. The van der Waals surface area contributed by atoms with E-state index >= 15 is 0 Å². The molecule has 0 unspecified atom stereocenters. The van der Waals surface area contributed by atoms with Gasteiger partial charge in [0.05, 0.1) is 32.1 Å². The maximum absolute atomic E-state index is 12.4. The van der Waals surface area contributed by atoms with Crippen molar-refractivity contribution in [2.75, 3.05) is 39.3 Å². The molecule has 0 saturated carbocycles. The quantitative estimate of drug-likeness (QED) is 0.0561. The number of aliphatic carboxylic acids is 2. The molecule has 9 nitrogen and oxygen atoms in total. The average Bonchev–Trinajstić information content (AvgIpc) is 2.98. The summed E-state index contributed by atoms with van der Waals surface area (Å²) in [6, 6.07) is 0. The zero-order valence-corrected chi connectivity index (χ0v) is 29.1. The van der Waals surface area contributed by atoms with E-state index in [2.05, 4.69) is 24.5 Å². The summed E-state index contributed by atoms with van der Waals surface area (Å²) in [5.74, 6) is -2.69. The number of quaternary nitrogens is 1. The lowest BCUT2D eigenvalue weighted by Crippen LogP contribution is -2.61. The summed E-state index contributed by atoms with van der Waals surface area (Å²) in [6.45, 7) is 4.17. The van der Waals surface area contributed by atoms with E-state index in [9.17, 15) is 29.4 Å². The van der Waals surface area contributed by atoms with E-state index in [1.54, 1.807) is 0 Å². The number of carbonyl (C=O) groups is 4.